The van der Waals surface area contributed by atoms with Gasteiger partial charge in [-0.05, 0) is 70.9 Å². The number of nitrogens with zero attached hydrogens (tertiary/aromatic N) is 6. The average Bonchev–Trinajstić information content (AvgIpc) is 3.54. The van der Waals surface area contributed by atoms with E-state index in [-0.39, 0.29) is 11.6 Å². The summed E-state index contributed by atoms with van der Waals surface area (Å²) >= 11 is 0. The van der Waals surface area contributed by atoms with Crippen LogP contribution in [0.15, 0.2) is 59.4 Å². The van der Waals surface area contributed by atoms with Gasteiger partial charge >= 0.3 is 0 Å². The highest BCUT2D eigenvalue weighted by atomic mass is 16.1. The van der Waals surface area contributed by atoms with Crippen molar-refractivity contribution in [1.29, 1.82) is 0 Å². The predicted molar refractivity (Wildman–Crippen MR) is 135 cm³/mol. The molecule has 2 aromatic carbocycles. The molecule has 35 heavy (non-hydrogen) atoms. The number of aryl methyl sites for hydroxylation is 1. The molecule has 4 aromatic rings. The maximum Gasteiger partial charge on any atom is 0.253 e. The molecule has 0 amide bonds. The van der Waals surface area contributed by atoms with Crippen molar-refractivity contribution in [2.45, 2.75) is 44.8 Å². The molecular formula is C27H31N7O. The van der Waals surface area contributed by atoms with Crippen molar-refractivity contribution in [3.8, 4) is 0 Å². The minimum atomic E-state index is -0.310. The first-order valence-electron chi connectivity index (χ1n) is 12.6. The van der Waals surface area contributed by atoms with E-state index in [1.165, 1.54) is 24.9 Å². The molecule has 6 rings (SSSR count). The minimum absolute atomic E-state index is 0.0742. The van der Waals surface area contributed by atoms with Gasteiger partial charge in [-0.25, -0.2) is 4.68 Å². The largest absolute Gasteiger partial charge is 0.322 e. The Kier molecular flexibility index (Phi) is 5.91. The number of nitrogens with one attached hydrogen (secondary N) is 1. The number of hydrogen-bond acceptors (Lipinski definition) is 6. The summed E-state index contributed by atoms with van der Waals surface area (Å²) in [6.07, 6.45) is 3.39. The lowest BCUT2D eigenvalue weighted by atomic mass is 10.00. The molecule has 2 aromatic heterocycles. The lowest BCUT2D eigenvalue weighted by Crippen LogP contribution is -2.52. The first-order chi connectivity index (χ1) is 17.2. The van der Waals surface area contributed by atoms with E-state index < -0.39 is 0 Å². The molecule has 0 unspecified atom stereocenters. The van der Waals surface area contributed by atoms with Crippen LogP contribution in [0.3, 0.4) is 0 Å². The topological polar surface area (TPSA) is 82.9 Å². The van der Waals surface area contributed by atoms with Crippen molar-refractivity contribution >= 4 is 10.9 Å². The number of H-pyrrole nitrogens is 1. The maximum atomic E-state index is 13.5. The number of fused-ring (bicyclic) bond motifs is 2. The summed E-state index contributed by atoms with van der Waals surface area (Å²) in [6, 6.07) is 18.7. The van der Waals surface area contributed by atoms with Crippen LogP contribution in [0.1, 0.15) is 48.3 Å². The Morgan fingerprint density at radius 3 is 2.80 bits per heavy atom. The van der Waals surface area contributed by atoms with E-state index in [0.717, 1.165) is 48.3 Å². The van der Waals surface area contributed by atoms with E-state index in [9.17, 15) is 4.79 Å². The van der Waals surface area contributed by atoms with E-state index in [1.807, 2.05) is 28.9 Å². The van der Waals surface area contributed by atoms with Gasteiger partial charge in [0.1, 0.15) is 6.04 Å². The predicted octanol–water partition coefficient (Wildman–Crippen LogP) is 2.99. The summed E-state index contributed by atoms with van der Waals surface area (Å²) in [5, 5.41) is 13.9. The van der Waals surface area contributed by atoms with Crippen LogP contribution in [0.2, 0.25) is 0 Å². The van der Waals surface area contributed by atoms with Gasteiger partial charge in [0.15, 0.2) is 5.82 Å². The van der Waals surface area contributed by atoms with Crippen molar-refractivity contribution < 1.29 is 0 Å². The second-order valence-corrected chi connectivity index (χ2v) is 9.74. The van der Waals surface area contributed by atoms with Gasteiger partial charge in [-0.3, -0.25) is 14.6 Å². The van der Waals surface area contributed by atoms with Crippen LogP contribution in [-0.2, 0) is 13.0 Å². The molecule has 1 N–H and O–H groups in total. The molecule has 2 saturated heterocycles. The molecule has 2 aliphatic heterocycles. The zero-order valence-electron chi connectivity index (χ0n) is 20.1. The molecule has 0 radical (unpaired) electrons. The number of hydrogen-bond donors (Lipinski definition) is 1. The molecule has 0 spiro atoms. The molecule has 0 bridgehead atoms. The molecule has 0 aliphatic carbocycles. The van der Waals surface area contributed by atoms with Gasteiger partial charge in [0, 0.05) is 36.8 Å². The van der Waals surface area contributed by atoms with Crippen LogP contribution < -0.4 is 5.56 Å². The second-order valence-electron chi connectivity index (χ2n) is 9.74. The maximum absolute atomic E-state index is 13.5. The van der Waals surface area contributed by atoms with Gasteiger partial charge in [0.25, 0.3) is 5.56 Å². The van der Waals surface area contributed by atoms with Crippen LogP contribution >= 0.6 is 0 Å². The van der Waals surface area contributed by atoms with Crippen molar-refractivity contribution in [2.75, 3.05) is 26.2 Å². The zero-order chi connectivity index (χ0) is 23.8. The summed E-state index contributed by atoms with van der Waals surface area (Å²) in [6.45, 7) is 6.68. The van der Waals surface area contributed by atoms with Crippen LogP contribution in [0.5, 0.6) is 0 Å². The quantitative estimate of drug-likeness (QED) is 0.468. The van der Waals surface area contributed by atoms with E-state index in [0.29, 0.717) is 18.2 Å². The van der Waals surface area contributed by atoms with Crippen LogP contribution in [0.4, 0.5) is 0 Å². The van der Waals surface area contributed by atoms with E-state index in [2.05, 4.69) is 67.6 Å². The smallest absolute Gasteiger partial charge is 0.253 e. The van der Waals surface area contributed by atoms with Crippen LogP contribution in [-0.4, -0.2) is 67.2 Å². The number of piperazine rings is 1. The molecule has 2 fully saturated rings. The standard InChI is InChI=1S/C27H31N7O/c1-2-19-10-11-24-21(15-19)16-23(27(35)28-24)25(33-14-13-32-12-6-9-22(32)18-33)26-29-30-31-34(26)17-20-7-4-3-5-8-20/h3-5,7-8,10-11,15-16,22,25H,2,6,9,12-14,17-18H2,1H3,(H,28,35)/t22-,25-/m1/s1. The highest BCUT2D eigenvalue weighted by Gasteiger charge is 2.37. The average molecular weight is 470 g/mol. The third-order valence-electron chi connectivity index (χ3n) is 7.60. The number of pyridine rings is 1. The van der Waals surface area contributed by atoms with Gasteiger partial charge in [0.05, 0.1) is 6.54 Å². The third-order valence-corrected chi connectivity index (χ3v) is 7.60. The molecule has 8 heteroatoms. The summed E-state index contributed by atoms with van der Waals surface area (Å²) in [4.78, 5) is 21.6. The summed E-state index contributed by atoms with van der Waals surface area (Å²) < 4.78 is 1.85. The molecular weight excluding hydrogens is 438 g/mol. The normalized spacial score (nSPS) is 19.7. The van der Waals surface area contributed by atoms with E-state index >= 15 is 0 Å². The number of benzene rings is 2. The minimum Gasteiger partial charge on any atom is -0.322 e. The molecule has 0 saturated carbocycles. The molecule has 4 heterocycles. The number of tetrazole rings is 1. The van der Waals surface area contributed by atoms with Gasteiger partial charge in [-0.2, -0.15) is 0 Å². The molecule has 2 atom stereocenters. The first kappa shape index (κ1) is 22.1. The summed E-state index contributed by atoms with van der Waals surface area (Å²) in [7, 11) is 0. The zero-order valence-corrected chi connectivity index (χ0v) is 20.1. The first-order valence-corrected chi connectivity index (χ1v) is 12.6. The van der Waals surface area contributed by atoms with E-state index in [4.69, 9.17) is 0 Å². The Labute approximate surface area is 204 Å². The highest BCUT2D eigenvalue weighted by Crippen LogP contribution is 2.32. The summed E-state index contributed by atoms with van der Waals surface area (Å²) in [5.74, 6) is 0.719. The lowest BCUT2D eigenvalue weighted by Gasteiger charge is -2.41. The van der Waals surface area contributed by atoms with Gasteiger partial charge in [-0.1, -0.05) is 43.3 Å². The molecule has 180 valence electrons. The molecule has 2 aliphatic rings. The second kappa shape index (κ2) is 9.36. The van der Waals surface area contributed by atoms with Crippen LogP contribution in [0, 0.1) is 0 Å². The Bertz CT molecular complexity index is 1380. The Morgan fingerprint density at radius 1 is 1.06 bits per heavy atom. The summed E-state index contributed by atoms with van der Waals surface area (Å²) in [5.41, 5.74) is 3.87. The fraction of sp³-hybridized carbons (Fsp3) is 0.407. The van der Waals surface area contributed by atoms with Gasteiger partial charge < -0.3 is 4.98 Å². The number of aromatic amines is 1. The number of rotatable bonds is 6. The SMILES string of the molecule is CCc1ccc2[nH]c(=O)c([C@H](c3nnnn3Cc3ccccc3)N3CCN4CCC[C@@H]4C3)cc2c1. The fourth-order valence-corrected chi connectivity index (χ4v) is 5.72. The van der Waals surface area contributed by atoms with E-state index in [1.54, 1.807) is 0 Å². The van der Waals surface area contributed by atoms with Crippen molar-refractivity contribution in [3.05, 3.63) is 87.5 Å². The van der Waals surface area contributed by atoms with Crippen molar-refractivity contribution in [3.63, 3.8) is 0 Å². The third kappa shape index (κ3) is 4.28. The fourth-order valence-electron chi connectivity index (χ4n) is 5.72. The van der Waals surface area contributed by atoms with Crippen molar-refractivity contribution in [2.24, 2.45) is 0 Å². The Hall–Kier alpha value is -3.36. The Morgan fingerprint density at radius 2 is 1.94 bits per heavy atom. The Balaban J connectivity index is 1.46. The van der Waals surface area contributed by atoms with Gasteiger partial charge in [-0.15, -0.1) is 5.10 Å². The monoisotopic (exact) mass is 469 g/mol. The lowest BCUT2D eigenvalue weighted by molar-refractivity contribution is 0.0790. The number of aromatic nitrogens is 5. The van der Waals surface area contributed by atoms with Crippen LogP contribution in [0.25, 0.3) is 10.9 Å². The van der Waals surface area contributed by atoms with Gasteiger partial charge in [0.2, 0.25) is 0 Å². The highest BCUT2D eigenvalue weighted by molar-refractivity contribution is 5.80. The van der Waals surface area contributed by atoms with Crippen molar-refractivity contribution in [1.82, 2.24) is 35.0 Å². The molecule has 8 nitrogen and oxygen atoms in total.